The van der Waals surface area contributed by atoms with E-state index in [1.54, 1.807) is 6.20 Å². The Hall–Kier alpha value is -1.09. The van der Waals surface area contributed by atoms with Gasteiger partial charge < -0.3 is 11.1 Å². The second-order valence-corrected chi connectivity index (χ2v) is 3.88. The number of aryl methyl sites for hydroxylation is 1. The van der Waals surface area contributed by atoms with E-state index in [4.69, 9.17) is 5.73 Å². The summed E-state index contributed by atoms with van der Waals surface area (Å²) in [6, 6.07) is 4.64. The maximum Gasteiger partial charge on any atom is 0.123 e. The molecule has 1 aromatic heterocycles. The number of nitrogens with two attached hydrogens (primary N) is 1. The summed E-state index contributed by atoms with van der Waals surface area (Å²) in [4.78, 5) is 3.98. The second kappa shape index (κ2) is 6.40. The molecule has 0 saturated heterocycles. The molecule has 1 aromatic rings. The van der Waals surface area contributed by atoms with Crippen LogP contribution in [0.2, 0.25) is 0 Å². The Morgan fingerprint density at radius 2 is 2.33 bits per heavy atom. The molecular weight excluding hydrogens is 186 g/mol. The van der Waals surface area contributed by atoms with Gasteiger partial charge in [-0.3, -0.25) is 0 Å². The predicted molar refractivity (Wildman–Crippen MR) is 64.7 cm³/mol. The lowest BCUT2D eigenvalue weighted by Crippen LogP contribution is -2.23. The van der Waals surface area contributed by atoms with E-state index in [0.29, 0.717) is 11.9 Å². The first-order valence-corrected chi connectivity index (χ1v) is 5.64. The van der Waals surface area contributed by atoms with Crippen LogP contribution in [0.1, 0.15) is 31.7 Å². The highest BCUT2D eigenvalue weighted by Gasteiger charge is 2.02. The Morgan fingerprint density at radius 3 is 2.93 bits per heavy atom. The van der Waals surface area contributed by atoms with E-state index in [2.05, 4.69) is 17.2 Å². The van der Waals surface area contributed by atoms with Crippen molar-refractivity contribution in [1.29, 1.82) is 0 Å². The summed E-state index contributed by atoms with van der Waals surface area (Å²) in [6.45, 7) is 2.21. The van der Waals surface area contributed by atoms with E-state index >= 15 is 0 Å². The Kier molecular flexibility index (Phi) is 5.12. The van der Waals surface area contributed by atoms with E-state index in [-0.39, 0.29) is 0 Å². The molecule has 1 unspecified atom stereocenters. The normalized spacial score (nSPS) is 12.7. The summed E-state index contributed by atoms with van der Waals surface area (Å²) in [7, 11) is 2.03. The fourth-order valence-electron chi connectivity index (χ4n) is 1.76. The molecule has 0 saturated carbocycles. The molecule has 0 aromatic carbocycles. The van der Waals surface area contributed by atoms with Crippen molar-refractivity contribution in [2.24, 2.45) is 0 Å². The average Bonchev–Trinajstić information content (AvgIpc) is 2.25. The predicted octanol–water partition coefficient (Wildman–Crippen LogP) is 1.98. The summed E-state index contributed by atoms with van der Waals surface area (Å²) in [6.07, 6.45) is 6.47. The quantitative estimate of drug-likeness (QED) is 0.750. The highest BCUT2D eigenvalue weighted by atomic mass is 14.9. The zero-order valence-electron chi connectivity index (χ0n) is 9.66. The topological polar surface area (TPSA) is 50.9 Å². The lowest BCUT2D eigenvalue weighted by molar-refractivity contribution is 0.492. The Balaban J connectivity index is 2.31. The van der Waals surface area contributed by atoms with E-state index in [1.165, 1.54) is 24.8 Å². The minimum Gasteiger partial charge on any atom is -0.384 e. The van der Waals surface area contributed by atoms with Gasteiger partial charge in [-0.1, -0.05) is 6.92 Å². The van der Waals surface area contributed by atoms with Crippen LogP contribution < -0.4 is 11.1 Å². The largest absolute Gasteiger partial charge is 0.384 e. The van der Waals surface area contributed by atoms with Gasteiger partial charge >= 0.3 is 0 Å². The van der Waals surface area contributed by atoms with Crippen molar-refractivity contribution in [1.82, 2.24) is 10.3 Å². The monoisotopic (exact) mass is 207 g/mol. The molecule has 1 rings (SSSR count). The van der Waals surface area contributed by atoms with Gasteiger partial charge in [0.2, 0.25) is 0 Å². The van der Waals surface area contributed by atoms with Crippen molar-refractivity contribution >= 4 is 5.82 Å². The first kappa shape index (κ1) is 12.0. The number of hydrogen-bond acceptors (Lipinski definition) is 3. The third-order valence-electron chi connectivity index (χ3n) is 2.76. The minimum absolute atomic E-state index is 0.619. The smallest absolute Gasteiger partial charge is 0.123 e. The highest BCUT2D eigenvalue weighted by Crippen LogP contribution is 2.09. The lowest BCUT2D eigenvalue weighted by Gasteiger charge is -2.13. The van der Waals surface area contributed by atoms with Gasteiger partial charge in [0.15, 0.2) is 0 Å². The maximum atomic E-state index is 5.62. The number of nitrogens with zero attached hydrogens (tertiary/aromatic N) is 1. The van der Waals surface area contributed by atoms with Gasteiger partial charge in [-0.25, -0.2) is 4.98 Å². The van der Waals surface area contributed by atoms with E-state index < -0.39 is 0 Å². The van der Waals surface area contributed by atoms with E-state index in [9.17, 15) is 0 Å². The second-order valence-electron chi connectivity index (χ2n) is 3.88. The molecule has 0 amide bonds. The summed E-state index contributed by atoms with van der Waals surface area (Å²) in [5.74, 6) is 0.619. The molecule has 3 nitrogen and oxygen atoms in total. The van der Waals surface area contributed by atoms with Crippen LogP contribution in [0.25, 0.3) is 0 Å². The highest BCUT2D eigenvalue weighted by molar-refractivity contribution is 5.31. The third-order valence-corrected chi connectivity index (χ3v) is 2.76. The van der Waals surface area contributed by atoms with Gasteiger partial charge in [0, 0.05) is 12.2 Å². The number of nitrogens with one attached hydrogen (secondary N) is 1. The van der Waals surface area contributed by atoms with E-state index in [0.717, 1.165) is 6.42 Å². The lowest BCUT2D eigenvalue weighted by atomic mass is 10.0. The molecule has 0 aliphatic rings. The van der Waals surface area contributed by atoms with Gasteiger partial charge in [0.1, 0.15) is 5.82 Å². The van der Waals surface area contributed by atoms with Crippen molar-refractivity contribution < 1.29 is 0 Å². The van der Waals surface area contributed by atoms with Crippen molar-refractivity contribution in [2.45, 2.75) is 38.6 Å². The minimum atomic E-state index is 0.619. The molecule has 0 aliphatic carbocycles. The number of rotatable bonds is 6. The number of pyridine rings is 1. The van der Waals surface area contributed by atoms with Crippen LogP contribution in [-0.2, 0) is 6.42 Å². The molecule has 0 spiro atoms. The van der Waals surface area contributed by atoms with Gasteiger partial charge in [-0.2, -0.15) is 0 Å². The van der Waals surface area contributed by atoms with Crippen molar-refractivity contribution in [3.05, 3.63) is 23.9 Å². The number of aromatic nitrogens is 1. The average molecular weight is 207 g/mol. The van der Waals surface area contributed by atoms with Crippen LogP contribution in [0.3, 0.4) is 0 Å². The number of anilines is 1. The standard InChI is InChI=1S/C12H21N3/c1-3-11(14-2)6-4-5-10-7-8-15-12(13)9-10/h7-9,11,14H,3-6H2,1-2H3,(H2,13,15). The molecule has 0 fully saturated rings. The van der Waals surface area contributed by atoms with Gasteiger partial charge in [0.05, 0.1) is 0 Å². The fourth-order valence-corrected chi connectivity index (χ4v) is 1.76. The zero-order chi connectivity index (χ0) is 11.1. The number of hydrogen-bond donors (Lipinski definition) is 2. The fraction of sp³-hybridized carbons (Fsp3) is 0.583. The molecule has 1 heterocycles. The molecule has 3 heteroatoms. The van der Waals surface area contributed by atoms with Crippen LogP contribution in [0.15, 0.2) is 18.3 Å². The van der Waals surface area contributed by atoms with E-state index in [1.807, 2.05) is 19.2 Å². The molecular formula is C12H21N3. The van der Waals surface area contributed by atoms with Crippen LogP contribution >= 0.6 is 0 Å². The Labute approximate surface area is 92.1 Å². The van der Waals surface area contributed by atoms with Crippen molar-refractivity contribution in [3.63, 3.8) is 0 Å². The summed E-state index contributed by atoms with van der Waals surface area (Å²) in [5, 5.41) is 3.31. The maximum absolute atomic E-state index is 5.62. The van der Waals surface area contributed by atoms with Crippen LogP contribution in [0.5, 0.6) is 0 Å². The molecule has 15 heavy (non-hydrogen) atoms. The molecule has 84 valence electrons. The van der Waals surface area contributed by atoms with Gasteiger partial charge in [-0.05, 0) is 50.4 Å². The summed E-state index contributed by atoms with van der Waals surface area (Å²) in [5.41, 5.74) is 6.90. The van der Waals surface area contributed by atoms with Gasteiger partial charge in [0.25, 0.3) is 0 Å². The molecule has 0 aliphatic heterocycles. The Bertz CT molecular complexity index is 282. The summed E-state index contributed by atoms with van der Waals surface area (Å²) < 4.78 is 0. The van der Waals surface area contributed by atoms with Crippen LogP contribution in [-0.4, -0.2) is 18.1 Å². The SMILES string of the molecule is CCC(CCCc1ccnc(N)c1)NC. The van der Waals surface area contributed by atoms with Crippen molar-refractivity contribution in [2.75, 3.05) is 12.8 Å². The van der Waals surface area contributed by atoms with Crippen molar-refractivity contribution in [3.8, 4) is 0 Å². The Morgan fingerprint density at radius 1 is 1.53 bits per heavy atom. The van der Waals surface area contributed by atoms with Crippen LogP contribution in [0, 0.1) is 0 Å². The zero-order valence-corrected chi connectivity index (χ0v) is 9.66. The van der Waals surface area contributed by atoms with Gasteiger partial charge in [-0.15, -0.1) is 0 Å². The molecule has 0 bridgehead atoms. The van der Waals surface area contributed by atoms with Crippen LogP contribution in [0.4, 0.5) is 5.82 Å². The number of nitrogen functional groups attached to an aromatic ring is 1. The first-order chi connectivity index (χ1) is 7.26. The molecule has 1 atom stereocenters. The summed E-state index contributed by atoms with van der Waals surface area (Å²) >= 11 is 0. The first-order valence-electron chi connectivity index (χ1n) is 5.64. The molecule has 0 radical (unpaired) electrons. The molecule has 3 N–H and O–H groups in total. The third kappa shape index (κ3) is 4.30.